The first-order valence-corrected chi connectivity index (χ1v) is 14.0. The van der Waals surface area contributed by atoms with Crippen LogP contribution in [0.15, 0.2) is 64.5 Å². The number of amides is 1. The maximum atomic E-state index is 13.9. The average molecular weight is 542 g/mol. The standard InChI is InChI=1S/C32H35N3O3S/c1-18(2)17-33-30(37)25-10-11-27-28(16-25)34-32(35(31(27)38)26-13-19(3)12-20(4)14-26)39-23(7)29(36)24-9-8-21(5)22(6)15-24/h8-16,18,23H,17H2,1-7H3,(H,33,37)/t23-/m1/s1. The summed E-state index contributed by atoms with van der Waals surface area (Å²) in [7, 11) is 0. The quantitative estimate of drug-likeness (QED) is 0.159. The number of Topliss-reactive ketones (excluding diaryl/α,β-unsaturated/α-hetero) is 1. The smallest absolute Gasteiger partial charge is 0.266 e. The molecule has 39 heavy (non-hydrogen) atoms. The summed E-state index contributed by atoms with van der Waals surface area (Å²) in [4.78, 5) is 44.9. The third-order valence-electron chi connectivity index (χ3n) is 6.68. The van der Waals surface area contributed by atoms with Gasteiger partial charge in [-0.25, -0.2) is 4.98 Å². The molecule has 202 valence electrons. The Morgan fingerprint density at radius 2 is 1.54 bits per heavy atom. The van der Waals surface area contributed by atoms with E-state index in [0.29, 0.717) is 45.3 Å². The Hall–Kier alpha value is -3.71. The Bertz CT molecular complexity index is 1620. The zero-order valence-electron chi connectivity index (χ0n) is 23.6. The summed E-state index contributed by atoms with van der Waals surface area (Å²) in [6.07, 6.45) is 0. The molecule has 1 heterocycles. The minimum absolute atomic E-state index is 0.0359. The van der Waals surface area contributed by atoms with Crippen LogP contribution in [0.2, 0.25) is 0 Å². The Balaban J connectivity index is 1.83. The number of aryl methyl sites for hydroxylation is 4. The summed E-state index contributed by atoms with van der Waals surface area (Å²) in [5, 5.41) is 3.24. The van der Waals surface area contributed by atoms with Crippen LogP contribution in [0.1, 0.15) is 63.7 Å². The van der Waals surface area contributed by atoms with Gasteiger partial charge in [-0.05, 0) is 99.2 Å². The maximum Gasteiger partial charge on any atom is 0.266 e. The number of benzene rings is 3. The molecular weight excluding hydrogens is 506 g/mol. The molecule has 6 nitrogen and oxygen atoms in total. The van der Waals surface area contributed by atoms with Crippen molar-refractivity contribution < 1.29 is 9.59 Å². The largest absolute Gasteiger partial charge is 0.352 e. The summed E-state index contributed by atoms with van der Waals surface area (Å²) >= 11 is 1.25. The predicted octanol–water partition coefficient (Wildman–Crippen LogP) is 6.37. The average Bonchev–Trinajstić information content (AvgIpc) is 2.87. The minimum atomic E-state index is -0.494. The molecule has 0 spiro atoms. The molecule has 0 saturated carbocycles. The fraction of sp³-hybridized carbons (Fsp3) is 0.312. The highest BCUT2D eigenvalue weighted by atomic mass is 32.2. The van der Waals surface area contributed by atoms with Gasteiger partial charge in [-0.15, -0.1) is 0 Å². The first kappa shape index (κ1) is 28.3. The molecule has 1 amide bonds. The molecule has 0 saturated heterocycles. The molecule has 0 bridgehead atoms. The Labute approximate surface area is 233 Å². The van der Waals surface area contributed by atoms with E-state index in [9.17, 15) is 14.4 Å². The number of nitrogens with zero attached hydrogens (tertiary/aromatic N) is 2. The van der Waals surface area contributed by atoms with E-state index in [1.807, 2.05) is 84.9 Å². The van der Waals surface area contributed by atoms with Crippen molar-refractivity contribution in [3.63, 3.8) is 0 Å². The van der Waals surface area contributed by atoms with Crippen molar-refractivity contribution in [3.8, 4) is 5.69 Å². The van der Waals surface area contributed by atoms with Gasteiger partial charge in [0.15, 0.2) is 10.9 Å². The van der Waals surface area contributed by atoms with Crippen LogP contribution < -0.4 is 10.9 Å². The van der Waals surface area contributed by atoms with E-state index in [-0.39, 0.29) is 17.2 Å². The van der Waals surface area contributed by atoms with Crippen LogP contribution in [-0.4, -0.2) is 33.0 Å². The van der Waals surface area contributed by atoms with E-state index in [0.717, 1.165) is 22.3 Å². The molecule has 0 unspecified atom stereocenters. The molecule has 0 radical (unpaired) electrons. The van der Waals surface area contributed by atoms with Crippen molar-refractivity contribution >= 4 is 34.4 Å². The van der Waals surface area contributed by atoms with Gasteiger partial charge in [0.05, 0.1) is 21.8 Å². The molecule has 1 aromatic heterocycles. The number of rotatable bonds is 8. The van der Waals surface area contributed by atoms with Crippen LogP contribution in [0.5, 0.6) is 0 Å². The number of hydrogen-bond acceptors (Lipinski definition) is 5. The number of carbonyl (C=O) groups excluding carboxylic acids is 2. The van der Waals surface area contributed by atoms with Gasteiger partial charge in [-0.1, -0.05) is 43.8 Å². The van der Waals surface area contributed by atoms with Crippen LogP contribution in [0.3, 0.4) is 0 Å². The van der Waals surface area contributed by atoms with Gasteiger partial charge in [-0.2, -0.15) is 0 Å². The van der Waals surface area contributed by atoms with E-state index in [4.69, 9.17) is 4.98 Å². The molecule has 3 aromatic carbocycles. The third-order valence-corrected chi connectivity index (χ3v) is 7.73. The van der Waals surface area contributed by atoms with Gasteiger partial charge < -0.3 is 5.32 Å². The van der Waals surface area contributed by atoms with Gasteiger partial charge >= 0.3 is 0 Å². The number of fused-ring (bicyclic) bond motifs is 1. The van der Waals surface area contributed by atoms with Gasteiger partial charge in [0.1, 0.15) is 0 Å². The normalized spacial score (nSPS) is 12.1. The molecular formula is C32H35N3O3S. The van der Waals surface area contributed by atoms with E-state index < -0.39 is 5.25 Å². The number of nitrogens with one attached hydrogen (secondary N) is 1. The number of ketones is 1. The fourth-order valence-corrected chi connectivity index (χ4v) is 5.44. The second-order valence-corrected chi connectivity index (χ2v) is 11.9. The van der Waals surface area contributed by atoms with E-state index in [1.165, 1.54) is 11.8 Å². The fourth-order valence-electron chi connectivity index (χ4n) is 4.43. The number of hydrogen-bond donors (Lipinski definition) is 1. The maximum absolute atomic E-state index is 13.9. The van der Waals surface area contributed by atoms with Gasteiger partial charge in [0, 0.05) is 17.7 Å². The summed E-state index contributed by atoms with van der Waals surface area (Å²) in [6, 6.07) is 16.6. The molecule has 1 N–H and O–H groups in total. The molecule has 7 heteroatoms. The lowest BCUT2D eigenvalue weighted by Gasteiger charge is -2.17. The third kappa shape index (κ3) is 6.31. The summed E-state index contributed by atoms with van der Waals surface area (Å²) in [6.45, 7) is 14.4. The lowest BCUT2D eigenvalue weighted by molar-refractivity contribution is 0.0948. The van der Waals surface area contributed by atoms with Crippen molar-refractivity contribution in [1.29, 1.82) is 0 Å². The van der Waals surface area contributed by atoms with E-state index in [1.54, 1.807) is 22.8 Å². The monoisotopic (exact) mass is 541 g/mol. The van der Waals surface area contributed by atoms with Crippen LogP contribution in [0.25, 0.3) is 16.6 Å². The summed E-state index contributed by atoms with van der Waals surface area (Å²) < 4.78 is 1.58. The van der Waals surface area contributed by atoms with Gasteiger partial charge in [-0.3, -0.25) is 19.0 Å². The Morgan fingerprint density at radius 1 is 0.872 bits per heavy atom. The predicted molar refractivity (Wildman–Crippen MR) is 160 cm³/mol. The number of aromatic nitrogens is 2. The first-order valence-electron chi connectivity index (χ1n) is 13.2. The Morgan fingerprint density at radius 3 is 2.18 bits per heavy atom. The van der Waals surface area contributed by atoms with Crippen molar-refractivity contribution in [2.75, 3.05) is 6.54 Å². The van der Waals surface area contributed by atoms with Gasteiger partial charge in [0.2, 0.25) is 0 Å². The second kappa shape index (κ2) is 11.6. The van der Waals surface area contributed by atoms with Crippen LogP contribution in [0, 0.1) is 33.6 Å². The highest BCUT2D eigenvalue weighted by Crippen LogP contribution is 2.28. The van der Waals surface area contributed by atoms with Crippen LogP contribution in [-0.2, 0) is 0 Å². The molecule has 0 fully saturated rings. The van der Waals surface area contributed by atoms with E-state index >= 15 is 0 Å². The highest BCUT2D eigenvalue weighted by molar-refractivity contribution is 8.00. The highest BCUT2D eigenvalue weighted by Gasteiger charge is 2.22. The molecule has 0 aliphatic carbocycles. The van der Waals surface area contributed by atoms with Crippen molar-refractivity contribution in [3.05, 3.63) is 98.3 Å². The number of carbonyl (C=O) groups is 2. The lowest BCUT2D eigenvalue weighted by Crippen LogP contribution is -2.27. The SMILES string of the molecule is Cc1cc(C)cc(-n2c(S[C@H](C)C(=O)c3ccc(C)c(C)c3)nc3cc(C(=O)NCC(C)C)ccc3c2=O)c1. The first-order chi connectivity index (χ1) is 18.4. The lowest BCUT2D eigenvalue weighted by atomic mass is 10.0. The summed E-state index contributed by atoms with van der Waals surface area (Å²) in [5.41, 5.74) is 6.15. The van der Waals surface area contributed by atoms with Crippen molar-refractivity contribution in [2.45, 2.75) is 58.9 Å². The van der Waals surface area contributed by atoms with Crippen molar-refractivity contribution in [1.82, 2.24) is 14.9 Å². The molecule has 1 atom stereocenters. The zero-order valence-corrected chi connectivity index (χ0v) is 24.4. The summed E-state index contributed by atoms with van der Waals surface area (Å²) in [5.74, 6) is 0.0708. The Kier molecular flexibility index (Phi) is 8.40. The molecule has 0 aliphatic rings. The van der Waals surface area contributed by atoms with Crippen LogP contribution in [0.4, 0.5) is 0 Å². The van der Waals surface area contributed by atoms with Crippen LogP contribution >= 0.6 is 11.8 Å². The minimum Gasteiger partial charge on any atom is -0.352 e. The zero-order chi connectivity index (χ0) is 28.4. The van der Waals surface area contributed by atoms with E-state index in [2.05, 4.69) is 5.32 Å². The molecule has 0 aliphatic heterocycles. The molecule has 4 rings (SSSR count). The van der Waals surface area contributed by atoms with Crippen molar-refractivity contribution in [2.24, 2.45) is 5.92 Å². The topological polar surface area (TPSA) is 81.1 Å². The second-order valence-electron chi connectivity index (χ2n) is 10.6. The number of thioether (sulfide) groups is 1. The van der Waals surface area contributed by atoms with Gasteiger partial charge in [0.25, 0.3) is 11.5 Å². The molecule has 4 aromatic rings.